The first-order chi connectivity index (χ1) is 15.2. The predicted molar refractivity (Wildman–Crippen MR) is 115 cm³/mol. The Kier molecular flexibility index (Phi) is 4.90. The Balaban J connectivity index is 1.65. The first-order valence-electron chi connectivity index (χ1n) is 10.2. The van der Waals surface area contributed by atoms with Gasteiger partial charge in [0.05, 0.1) is 20.3 Å². The Labute approximate surface area is 180 Å². The molecule has 158 valence electrons. The van der Waals surface area contributed by atoms with Crippen LogP contribution in [-0.4, -0.2) is 38.4 Å². The van der Waals surface area contributed by atoms with Crippen LogP contribution in [0.4, 0.5) is 0 Å². The Bertz CT molecular complexity index is 1130. The van der Waals surface area contributed by atoms with Gasteiger partial charge in [0.25, 0.3) is 5.91 Å². The van der Waals surface area contributed by atoms with Gasteiger partial charge in [-0.05, 0) is 59.5 Å². The summed E-state index contributed by atoms with van der Waals surface area (Å²) < 4.78 is 22.2. The van der Waals surface area contributed by atoms with Crippen molar-refractivity contribution in [1.82, 2.24) is 4.90 Å². The highest BCUT2D eigenvalue weighted by molar-refractivity contribution is 5.95. The number of nitrogens with zero attached hydrogens (tertiary/aromatic N) is 1. The molecule has 2 aliphatic rings. The van der Waals surface area contributed by atoms with Gasteiger partial charge in [0, 0.05) is 12.1 Å². The van der Waals surface area contributed by atoms with Crippen molar-refractivity contribution < 1.29 is 23.7 Å². The van der Waals surface area contributed by atoms with Gasteiger partial charge in [-0.3, -0.25) is 4.79 Å². The highest BCUT2D eigenvalue weighted by Gasteiger charge is 2.34. The molecular weight excluding hydrogens is 394 g/mol. The summed E-state index contributed by atoms with van der Waals surface area (Å²) in [5, 5.41) is 0. The Morgan fingerprint density at radius 2 is 1.68 bits per heavy atom. The zero-order valence-corrected chi connectivity index (χ0v) is 17.5. The molecule has 0 fully saturated rings. The van der Waals surface area contributed by atoms with E-state index in [0.29, 0.717) is 35.1 Å². The fourth-order valence-corrected chi connectivity index (χ4v) is 4.35. The molecule has 0 radical (unpaired) electrons. The second kappa shape index (κ2) is 7.87. The van der Waals surface area contributed by atoms with E-state index in [-0.39, 0.29) is 18.7 Å². The van der Waals surface area contributed by atoms with Crippen molar-refractivity contribution in [2.45, 2.75) is 12.5 Å². The zero-order valence-electron chi connectivity index (χ0n) is 17.5. The second-order valence-corrected chi connectivity index (χ2v) is 7.54. The fourth-order valence-electron chi connectivity index (χ4n) is 4.35. The van der Waals surface area contributed by atoms with E-state index in [1.54, 1.807) is 14.2 Å². The van der Waals surface area contributed by atoms with Gasteiger partial charge in [-0.15, -0.1) is 0 Å². The number of rotatable bonds is 4. The second-order valence-electron chi connectivity index (χ2n) is 7.54. The first kappa shape index (κ1) is 19.3. The summed E-state index contributed by atoms with van der Waals surface area (Å²) in [6, 6.07) is 18.9. The van der Waals surface area contributed by atoms with Gasteiger partial charge in [-0.1, -0.05) is 24.3 Å². The maximum atomic E-state index is 13.5. The SMILES string of the molecule is COc1cc2c(cc1OC)C(c1ccc3c(c1)OCO3)N(C(=O)c1ccccc1)CC2. The molecule has 1 amide bonds. The van der Waals surface area contributed by atoms with Crippen molar-refractivity contribution in [3.05, 3.63) is 82.9 Å². The van der Waals surface area contributed by atoms with Crippen molar-refractivity contribution in [2.75, 3.05) is 27.6 Å². The van der Waals surface area contributed by atoms with Crippen LogP contribution in [0, 0.1) is 0 Å². The molecule has 1 atom stereocenters. The Hall–Kier alpha value is -3.67. The van der Waals surface area contributed by atoms with Gasteiger partial charge in [0.2, 0.25) is 6.79 Å². The largest absolute Gasteiger partial charge is 0.493 e. The number of fused-ring (bicyclic) bond motifs is 2. The van der Waals surface area contributed by atoms with Crippen LogP contribution in [0.5, 0.6) is 23.0 Å². The average molecular weight is 417 g/mol. The molecule has 3 aromatic rings. The smallest absolute Gasteiger partial charge is 0.254 e. The summed E-state index contributed by atoms with van der Waals surface area (Å²) >= 11 is 0. The minimum absolute atomic E-state index is 0.0105. The number of methoxy groups -OCH3 is 2. The lowest BCUT2D eigenvalue weighted by atomic mass is 9.87. The summed E-state index contributed by atoms with van der Waals surface area (Å²) in [5.74, 6) is 2.73. The molecule has 2 heterocycles. The third-order valence-corrected chi connectivity index (χ3v) is 5.87. The molecule has 0 spiro atoms. The molecule has 3 aromatic carbocycles. The van der Waals surface area contributed by atoms with Gasteiger partial charge >= 0.3 is 0 Å². The van der Waals surface area contributed by atoms with Crippen molar-refractivity contribution in [1.29, 1.82) is 0 Å². The van der Waals surface area contributed by atoms with Crippen LogP contribution in [0.2, 0.25) is 0 Å². The van der Waals surface area contributed by atoms with Crippen LogP contribution in [-0.2, 0) is 6.42 Å². The molecule has 0 bridgehead atoms. The van der Waals surface area contributed by atoms with E-state index in [1.165, 1.54) is 0 Å². The number of amides is 1. The average Bonchev–Trinajstić information content (AvgIpc) is 3.30. The summed E-state index contributed by atoms with van der Waals surface area (Å²) in [6.45, 7) is 0.799. The first-order valence-corrected chi connectivity index (χ1v) is 10.2. The van der Waals surface area contributed by atoms with Crippen LogP contribution in [0.3, 0.4) is 0 Å². The number of carbonyl (C=O) groups is 1. The molecule has 31 heavy (non-hydrogen) atoms. The van der Waals surface area contributed by atoms with Gasteiger partial charge in [-0.2, -0.15) is 0 Å². The zero-order chi connectivity index (χ0) is 21.4. The molecular formula is C25H23NO5. The molecule has 0 saturated heterocycles. The summed E-state index contributed by atoms with van der Waals surface area (Å²) in [6.07, 6.45) is 0.731. The van der Waals surface area contributed by atoms with Gasteiger partial charge in [0.1, 0.15) is 0 Å². The van der Waals surface area contributed by atoms with Crippen molar-refractivity contribution in [3.8, 4) is 23.0 Å². The van der Waals surface area contributed by atoms with E-state index >= 15 is 0 Å². The van der Waals surface area contributed by atoms with Crippen molar-refractivity contribution >= 4 is 5.91 Å². The highest BCUT2D eigenvalue weighted by Crippen LogP contribution is 2.44. The maximum absolute atomic E-state index is 13.5. The molecule has 1 unspecified atom stereocenters. The van der Waals surface area contributed by atoms with Gasteiger partial charge < -0.3 is 23.8 Å². The molecule has 0 saturated carbocycles. The third kappa shape index (κ3) is 3.34. The van der Waals surface area contributed by atoms with Crippen LogP contribution >= 0.6 is 0 Å². The van der Waals surface area contributed by atoms with Crippen LogP contribution < -0.4 is 18.9 Å². The van der Waals surface area contributed by atoms with Crippen LogP contribution in [0.1, 0.15) is 33.1 Å². The molecule has 6 heteroatoms. The number of hydrogen-bond acceptors (Lipinski definition) is 5. The topological polar surface area (TPSA) is 57.2 Å². The highest BCUT2D eigenvalue weighted by atomic mass is 16.7. The van der Waals surface area contributed by atoms with E-state index in [4.69, 9.17) is 18.9 Å². The number of benzene rings is 3. The van der Waals surface area contributed by atoms with Gasteiger partial charge in [0.15, 0.2) is 23.0 Å². The molecule has 5 rings (SSSR count). The standard InChI is InChI=1S/C25H23NO5/c1-28-21-12-17-10-11-26(25(27)16-6-4-3-5-7-16)24(19(17)14-22(21)29-2)18-8-9-20-23(13-18)31-15-30-20/h3-9,12-14,24H,10-11,15H2,1-2H3. The van der Waals surface area contributed by atoms with Crippen LogP contribution in [0.25, 0.3) is 0 Å². The quantitative estimate of drug-likeness (QED) is 0.636. The van der Waals surface area contributed by atoms with E-state index in [2.05, 4.69) is 0 Å². The van der Waals surface area contributed by atoms with E-state index in [0.717, 1.165) is 23.1 Å². The van der Waals surface area contributed by atoms with Crippen molar-refractivity contribution in [3.63, 3.8) is 0 Å². The molecule has 0 aliphatic carbocycles. The van der Waals surface area contributed by atoms with Crippen molar-refractivity contribution in [2.24, 2.45) is 0 Å². The van der Waals surface area contributed by atoms with Gasteiger partial charge in [-0.25, -0.2) is 0 Å². The van der Waals surface area contributed by atoms with E-state index < -0.39 is 0 Å². The monoisotopic (exact) mass is 417 g/mol. The normalized spacial score (nSPS) is 16.6. The minimum Gasteiger partial charge on any atom is -0.493 e. The minimum atomic E-state index is -0.286. The molecule has 0 N–H and O–H groups in total. The van der Waals surface area contributed by atoms with E-state index in [1.807, 2.05) is 65.6 Å². The summed E-state index contributed by atoms with van der Waals surface area (Å²) in [4.78, 5) is 15.4. The molecule has 0 aromatic heterocycles. The molecule has 6 nitrogen and oxygen atoms in total. The van der Waals surface area contributed by atoms with E-state index in [9.17, 15) is 4.79 Å². The lowest BCUT2D eigenvalue weighted by molar-refractivity contribution is 0.0694. The van der Waals surface area contributed by atoms with Crippen LogP contribution in [0.15, 0.2) is 60.7 Å². The fraction of sp³-hybridized carbons (Fsp3) is 0.240. The Morgan fingerprint density at radius 3 is 2.45 bits per heavy atom. The lowest BCUT2D eigenvalue weighted by Crippen LogP contribution is -2.40. The molecule has 2 aliphatic heterocycles. The number of hydrogen-bond donors (Lipinski definition) is 0. The summed E-state index contributed by atoms with van der Waals surface area (Å²) in [7, 11) is 3.25. The lowest BCUT2D eigenvalue weighted by Gasteiger charge is -2.38. The number of ether oxygens (including phenoxy) is 4. The number of carbonyl (C=O) groups excluding carboxylic acids is 1. The summed E-state index contributed by atoms with van der Waals surface area (Å²) in [5.41, 5.74) is 3.78. The Morgan fingerprint density at radius 1 is 0.935 bits per heavy atom. The predicted octanol–water partition coefficient (Wildman–Crippen LogP) is 4.22. The third-order valence-electron chi connectivity index (χ3n) is 5.87. The maximum Gasteiger partial charge on any atom is 0.254 e.